The summed E-state index contributed by atoms with van der Waals surface area (Å²) in [5, 5.41) is 3.57. The number of hydrogen-bond donors (Lipinski definition) is 1. The summed E-state index contributed by atoms with van der Waals surface area (Å²) in [6.45, 7) is 9.15. The van der Waals surface area contributed by atoms with Crippen molar-refractivity contribution in [2.75, 3.05) is 13.2 Å². The topological polar surface area (TPSA) is 30.5 Å². The molecular formula is C17H25NO2. The lowest BCUT2D eigenvalue weighted by atomic mass is 10.1. The predicted octanol–water partition coefficient (Wildman–Crippen LogP) is 3.30. The molecule has 1 N–H and O–H groups in total. The van der Waals surface area contributed by atoms with Gasteiger partial charge >= 0.3 is 0 Å². The van der Waals surface area contributed by atoms with Crippen molar-refractivity contribution in [3.05, 3.63) is 23.3 Å². The number of benzene rings is 1. The molecule has 0 bridgehead atoms. The molecule has 110 valence electrons. The Labute approximate surface area is 121 Å². The van der Waals surface area contributed by atoms with Crippen molar-refractivity contribution in [2.24, 2.45) is 5.41 Å². The van der Waals surface area contributed by atoms with Gasteiger partial charge in [-0.05, 0) is 44.2 Å². The first-order chi connectivity index (χ1) is 9.59. The molecule has 0 radical (unpaired) electrons. The van der Waals surface area contributed by atoms with Crippen molar-refractivity contribution in [3.63, 3.8) is 0 Å². The maximum atomic E-state index is 5.86. The van der Waals surface area contributed by atoms with Crippen molar-refractivity contribution in [1.29, 1.82) is 0 Å². The van der Waals surface area contributed by atoms with Crippen LogP contribution in [0.15, 0.2) is 12.1 Å². The fraction of sp³-hybridized carbons (Fsp3) is 0.647. The average Bonchev–Trinajstić information content (AvgIpc) is 3.00. The van der Waals surface area contributed by atoms with Crippen LogP contribution in [-0.2, 0) is 13.0 Å². The summed E-state index contributed by atoms with van der Waals surface area (Å²) in [5.74, 6) is 2.05. The van der Waals surface area contributed by atoms with Crippen LogP contribution in [0.25, 0.3) is 0 Å². The van der Waals surface area contributed by atoms with Gasteiger partial charge in [-0.1, -0.05) is 6.92 Å². The highest BCUT2D eigenvalue weighted by Crippen LogP contribution is 2.44. The zero-order chi connectivity index (χ0) is 14.2. The Morgan fingerprint density at radius 1 is 1.40 bits per heavy atom. The summed E-state index contributed by atoms with van der Waals surface area (Å²) in [5.41, 5.74) is 3.02. The molecule has 0 spiro atoms. The molecule has 1 aliphatic carbocycles. The van der Waals surface area contributed by atoms with E-state index in [0.717, 1.165) is 31.0 Å². The van der Waals surface area contributed by atoms with E-state index >= 15 is 0 Å². The third-order valence-corrected chi connectivity index (χ3v) is 4.35. The van der Waals surface area contributed by atoms with Crippen LogP contribution in [-0.4, -0.2) is 19.3 Å². The van der Waals surface area contributed by atoms with Crippen LogP contribution in [0.5, 0.6) is 11.5 Å². The number of nitrogens with one attached hydrogen (secondary N) is 1. The minimum Gasteiger partial charge on any atom is -0.494 e. The van der Waals surface area contributed by atoms with E-state index in [2.05, 4.69) is 31.3 Å². The highest BCUT2D eigenvalue weighted by molar-refractivity contribution is 5.48. The number of hydrogen-bond acceptors (Lipinski definition) is 3. The Morgan fingerprint density at radius 2 is 2.20 bits per heavy atom. The largest absolute Gasteiger partial charge is 0.494 e. The predicted molar refractivity (Wildman–Crippen MR) is 80.5 cm³/mol. The third-order valence-electron chi connectivity index (χ3n) is 4.35. The van der Waals surface area contributed by atoms with Crippen LogP contribution in [0.1, 0.15) is 44.7 Å². The quantitative estimate of drug-likeness (QED) is 0.864. The van der Waals surface area contributed by atoms with E-state index in [1.807, 2.05) is 6.92 Å². The molecule has 0 aromatic heterocycles. The first-order valence-corrected chi connectivity index (χ1v) is 7.75. The van der Waals surface area contributed by atoms with Crippen LogP contribution in [0, 0.1) is 5.41 Å². The van der Waals surface area contributed by atoms with Crippen LogP contribution in [0.3, 0.4) is 0 Å². The summed E-state index contributed by atoms with van der Waals surface area (Å²) in [6, 6.07) is 4.32. The first-order valence-electron chi connectivity index (χ1n) is 7.75. The second kappa shape index (κ2) is 5.28. The number of ether oxygens (including phenoxy) is 2. The minimum atomic E-state index is 0.285. The van der Waals surface area contributed by atoms with E-state index < -0.39 is 0 Å². The fourth-order valence-corrected chi connectivity index (χ4v) is 2.80. The van der Waals surface area contributed by atoms with Crippen LogP contribution >= 0.6 is 0 Å². The van der Waals surface area contributed by atoms with E-state index in [9.17, 15) is 0 Å². The molecular weight excluding hydrogens is 250 g/mol. The van der Waals surface area contributed by atoms with Gasteiger partial charge in [0.2, 0.25) is 0 Å². The standard InChI is InChI=1S/C17H25NO2/c1-4-19-15-8-13-7-12(2)20-16(13)9-14(15)10-18-11-17(3)5-6-17/h8-9,12,18H,4-7,10-11H2,1-3H3. The van der Waals surface area contributed by atoms with Gasteiger partial charge in [0.1, 0.15) is 17.6 Å². The van der Waals surface area contributed by atoms with Gasteiger partial charge in [0.25, 0.3) is 0 Å². The Balaban J connectivity index is 1.72. The monoisotopic (exact) mass is 275 g/mol. The first kappa shape index (κ1) is 13.7. The van der Waals surface area contributed by atoms with Gasteiger partial charge in [0.15, 0.2) is 0 Å². The third kappa shape index (κ3) is 2.93. The SMILES string of the molecule is CCOc1cc2c(cc1CNCC1(C)CC1)OC(C)C2. The maximum absolute atomic E-state index is 5.86. The molecule has 1 aromatic carbocycles. The lowest BCUT2D eigenvalue weighted by Crippen LogP contribution is -2.21. The zero-order valence-corrected chi connectivity index (χ0v) is 12.8. The summed E-state index contributed by atoms with van der Waals surface area (Å²) in [6.07, 6.45) is 3.97. The molecule has 0 saturated heterocycles. The average molecular weight is 275 g/mol. The molecule has 3 nitrogen and oxygen atoms in total. The maximum Gasteiger partial charge on any atom is 0.124 e. The van der Waals surface area contributed by atoms with Crippen molar-refractivity contribution in [3.8, 4) is 11.5 Å². The molecule has 1 aliphatic heterocycles. The minimum absolute atomic E-state index is 0.285. The fourth-order valence-electron chi connectivity index (χ4n) is 2.80. The normalized spacial score (nSPS) is 22.2. The van der Waals surface area contributed by atoms with Crippen molar-refractivity contribution >= 4 is 0 Å². The Morgan fingerprint density at radius 3 is 2.90 bits per heavy atom. The second-order valence-corrected chi connectivity index (χ2v) is 6.55. The molecule has 3 heteroatoms. The second-order valence-electron chi connectivity index (χ2n) is 6.55. The summed E-state index contributed by atoms with van der Waals surface area (Å²) < 4.78 is 11.7. The van der Waals surface area contributed by atoms with Crippen molar-refractivity contribution < 1.29 is 9.47 Å². The van der Waals surface area contributed by atoms with E-state index in [1.165, 1.54) is 24.0 Å². The van der Waals surface area contributed by atoms with Gasteiger partial charge in [-0.15, -0.1) is 0 Å². The summed E-state index contributed by atoms with van der Waals surface area (Å²) in [4.78, 5) is 0. The molecule has 1 heterocycles. The molecule has 1 fully saturated rings. The molecule has 1 atom stereocenters. The highest BCUT2D eigenvalue weighted by atomic mass is 16.5. The number of rotatable bonds is 6. The van der Waals surface area contributed by atoms with Crippen LogP contribution < -0.4 is 14.8 Å². The molecule has 1 aromatic rings. The van der Waals surface area contributed by atoms with Gasteiger partial charge in [-0.25, -0.2) is 0 Å². The zero-order valence-electron chi connectivity index (χ0n) is 12.8. The molecule has 2 aliphatic rings. The van der Waals surface area contributed by atoms with Crippen LogP contribution in [0.4, 0.5) is 0 Å². The molecule has 3 rings (SSSR count). The highest BCUT2D eigenvalue weighted by Gasteiger charge is 2.36. The Bertz CT molecular complexity index is 494. The Hall–Kier alpha value is -1.22. The van der Waals surface area contributed by atoms with Gasteiger partial charge < -0.3 is 14.8 Å². The van der Waals surface area contributed by atoms with Crippen LogP contribution in [0.2, 0.25) is 0 Å². The van der Waals surface area contributed by atoms with Gasteiger partial charge in [-0.3, -0.25) is 0 Å². The van der Waals surface area contributed by atoms with E-state index in [0.29, 0.717) is 12.0 Å². The van der Waals surface area contributed by atoms with Gasteiger partial charge in [0, 0.05) is 30.6 Å². The molecule has 0 amide bonds. The van der Waals surface area contributed by atoms with Gasteiger partial charge in [-0.2, -0.15) is 0 Å². The lowest BCUT2D eigenvalue weighted by molar-refractivity contribution is 0.254. The summed E-state index contributed by atoms with van der Waals surface area (Å²) in [7, 11) is 0. The molecule has 1 unspecified atom stereocenters. The summed E-state index contributed by atoms with van der Waals surface area (Å²) >= 11 is 0. The van der Waals surface area contributed by atoms with Gasteiger partial charge in [0.05, 0.1) is 6.61 Å². The Kier molecular flexibility index (Phi) is 3.63. The smallest absolute Gasteiger partial charge is 0.124 e. The van der Waals surface area contributed by atoms with E-state index in [1.54, 1.807) is 0 Å². The number of fused-ring (bicyclic) bond motifs is 1. The van der Waals surface area contributed by atoms with Crippen molar-refractivity contribution in [1.82, 2.24) is 5.32 Å². The van der Waals surface area contributed by atoms with E-state index in [4.69, 9.17) is 9.47 Å². The van der Waals surface area contributed by atoms with Crippen molar-refractivity contribution in [2.45, 2.75) is 52.7 Å². The molecule has 1 saturated carbocycles. The lowest BCUT2D eigenvalue weighted by Gasteiger charge is -2.15. The van der Waals surface area contributed by atoms with E-state index in [-0.39, 0.29) is 6.10 Å². The molecule has 20 heavy (non-hydrogen) atoms.